The second-order valence-electron chi connectivity index (χ2n) is 11.1. The van der Waals surface area contributed by atoms with Crippen molar-refractivity contribution in [3.05, 3.63) is 77.2 Å². The summed E-state index contributed by atoms with van der Waals surface area (Å²) < 4.78 is 5.12. The number of carbonyl (C=O) groups is 2. The first kappa shape index (κ1) is 29.1. The van der Waals surface area contributed by atoms with E-state index in [4.69, 9.17) is 25.0 Å². The molecule has 6 rings (SSSR count). The summed E-state index contributed by atoms with van der Waals surface area (Å²) in [6.45, 7) is 12.1. The van der Waals surface area contributed by atoms with Gasteiger partial charge in [-0.25, -0.2) is 0 Å². The average molecular weight is 561 g/mol. The molecule has 0 amide bonds. The summed E-state index contributed by atoms with van der Waals surface area (Å²) in [4.78, 5) is 41.6. The van der Waals surface area contributed by atoms with Crippen molar-refractivity contribution in [2.24, 2.45) is 17.8 Å². The Morgan fingerprint density at radius 2 is 1.59 bits per heavy atom. The van der Waals surface area contributed by atoms with E-state index < -0.39 is 11.9 Å². The summed E-state index contributed by atoms with van der Waals surface area (Å²) in [6, 6.07) is -0.390. The summed E-state index contributed by atoms with van der Waals surface area (Å²) in [7, 11) is 1.31. The minimum Gasteiger partial charge on any atom is -0.681 e. The average Bonchev–Trinajstić information content (AvgIpc) is 3.66. The number of aliphatic hydroxyl groups is 1. The van der Waals surface area contributed by atoms with E-state index in [1.54, 1.807) is 0 Å². The van der Waals surface area contributed by atoms with Crippen molar-refractivity contribution in [3.63, 3.8) is 0 Å². The van der Waals surface area contributed by atoms with E-state index in [0.29, 0.717) is 43.7 Å². The van der Waals surface area contributed by atoms with Crippen LogP contribution in [0.3, 0.4) is 0 Å². The maximum absolute atomic E-state index is 13.8. The van der Waals surface area contributed by atoms with Crippen molar-refractivity contribution >= 4 is 64.9 Å². The van der Waals surface area contributed by atoms with E-state index in [1.807, 2.05) is 45.9 Å². The van der Waals surface area contributed by atoms with Gasteiger partial charge in [0, 0.05) is 5.56 Å². The number of carbonyl (C=O) groups excluding carboxylic acids is 2. The normalized spacial score (nSPS) is 25.9. The SMILES string of the molecule is CC[C@@H]1C2[N-]/C(=C/c3[n-]c(c(C)c3C)/C=c3\[n-]c(c(C)\c3=C\O)/C=c3\[n-]c4c(c3C)C(=O)[C@H](C(=O)OC)C=42)[C@H]1C.[Mg+2]. The molecule has 1 fully saturated rings. The van der Waals surface area contributed by atoms with Crippen LogP contribution in [0.25, 0.3) is 35.4 Å². The van der Waals surface area contributed by atoms with Crippen LogP contribution in [0.4, 0.5) is 0 Å². The van der Waals surface area contributed by atoms with Gasteiger partial charge in [0.05, 0.1) is 13.4 Å². The molecule has 0 radical (unpaired) electrons. The first-order valence-corrected chi connectivity index (χ1v) is 13.7. The van der Waals surface area contributed by atoms with Crippen LogP contribution < -0.4 is 36.2 Å². The molecule has 0 spiro atoms. The molecule has 208 valence electrons. The van der Waals surface area contributed by atoms with Gasteiger partial charge < -0.3 is 30.1 Å². The van der Waals surface area contributed by atoms with Crippen LogP contribution >= 0.6 is 0 Å². The molecule has 1 N–H and O–H groups in total. The van der Waals surface area contributed by atoms with Crippen molar-refractivity contribution < 1.29 is 19.4 Å². The van der Waals surface area contributed by atoms with Crippen LogP contribution in [0.5, 0.6) is 0 Å². The molecule has 0 aromatic carbocycles. The molecule has 1 aliphatic carbocycles. The molecular weight excluding hydrogens is 529 g/mol. The fraction of sp³-hybridized carbons (Fsp3) is 0.375. The number of fused-ring (bicyclic) bond motifs is 8. The van der Waals surface area contributed by atoms with E-state index in [0.717, 1.165) is 46.5 Å². The van der Waals surface area contributed by atoms with Crippen LogP contribution in [-0.4, -0.2) is 53.1 Å². The summed E-state index contributed by atoms with van der Waals surface area (Å²) in [5.74, 6) is -1.78. The molecular formula is C32H32MgN4O4-2. The molecule has 8 nitrogen and oxygen atoms in total. The molecule has 2 aliphatic heterocycles. The van der Waals surface area contributed by atoms with Crippen molar-refractivity contribution in [2.75, 3.05) is 7.11 Å². The molecule has 3 aromatic rings. The van der Waals surface area contributed by atoms with Gasteiger partial charge in [-0.05, 0) is 44.7 Å². The van der Waals surface area contributed by atoms with Crippen molar-refractivity contribution in [3.8, 4) is 0 Å². The molecule has 1 saturated heterocycles. The van der Waals surface area contributed by atoms with E-state index in [-0.39, 0.29) is 46.7 Å². The zero-order chi connectivity index (χ0) is 28.6. The second-order valence-corrected chi connectivity index (χ2v) is 11.1. The summed E-state index contributed by atoms with van der Waals surface area (Å²) in [6.07, 6.45) is 7.66. The number of aliphatic hydroxyl groups excluding tert-OH is 1. The van der Waals surface area contributed by atoms with Crippen LogP contribution in [0.15, 0.2) is 5.70 Å². The maximum Gasteiger partial charge on any atom is 2.00 e. The van der Waals surface area contributed by atoms with Gasteiger partial charge in [0.2, 0.25) is 0 Å². The van der Waals surface area contributed by atoms with Crippen molar-refractivity contribution in [2.45, 2.75) is 54.0 Å². The molecule has 4 atom stereocenters. The number of ether oxygens (including phenoxy) is 1. The minimum atomic E-state index is -1.06. The smallest absolute Gasteiger partial charge is 0.681 e. The van der Waals surface area contributed by atoms with Gasteiger partial charge in [0.15, 0.2) is 5.78 Å². The number of nitrogens with zero attached hydrogens (tertiary/aromatic N) is 4. The summed E-state index contributed by atoms with van der Waals surface area (Å²) >= 11 is 0. The van der Waals surface area contributed by atoms with Gasteiger partial charge in [-0.15, -0.1) is 33.1 Å². The Morgan fingerprint density at radius 1 is 0.951 bits per heavy atom. The number of methoxy groups -OCH3 is 1. The minimum absolute atomic E-state index is 0. The van der Waals surface area contributed by atoms with Gasteiger partial charge in [-0.1, -0.05) is 72.4 Å². The fourth-order valence-corrected chi connectivity index (χ4v) is 6.59. The molecule has 3 aromatic heterocycles. The number of ketones is 1. The number of aromatic nitrogens is 3. The maximum atomic E-state index is 13.8. The zero-order valence-corrected chi connectivity index (χ0v) is 25.9. The van der Waals surface area contributed by atoms with E-state index in [2.05, 4.69) is 13.8 Å². The topological polar surface area (TPSA) is 120 Å². The van der Waals surface area contributed by atoms with E-state index in [9.17, 15) is 14.7 Å². The Hall–Kier alpha value is -3.43. The van der Waals surface area contributed by atoms with Gasteiger partial charge >= 0.3 is 29.0 Å². The Morgan fingerprint density at radius 3 is 2.22 bits per heavy atom. The molecule has 41 heavy (non-hydrogen) atoms. The predicted octanol–water partition coefficient (Wildman–Crippen LogP) is 1.27. The number of Topliss-reactive ketones (excluding diaryl/α,β-unsaturated/α-hetero) is 1. The standard InChI is InChI=1S/C32H32N4O4.Mg/c1-8-18-15(4)23-9-20-13(2)14(3)21(33-20)11-25-19(12-37)16(5)22(34-25)10-24-17(6)26-30(36-24)27(29(18)35-23)28(31(26)38)32(39)40-7;/h9-12,15,18,28-29H,8H2,1-7H3,(H,37,38);/q-4;+2/b23-9+,25-11-;/t15-,18-,28+,29?;/m0./s1. The molecule has 1 unspecified atom stereocenters. The molecule has 5 heterocycles. The Kier molecular flexibility index (Phi) is 7.40. The van der Waals surface area contributed by atoms with E-state index in [1.165, 1.54) is 7.11 Å². The Balaban J connectivity index is 0.00000337. The van der Waals surface area contributed by atoms with Crippen LogP contribution in [0, 0.1) is 45.4 Å². The van der Waals surface area contributed by atoms with Crippen molar-refractivity contribution in [1.82, 2.24) is 15.0 Å². The molecule has 8 bridgehead atoms. The molecule has 9 heteroatoms. The largest absolute Gasteiger partial charge is 2.00 e. The quantitative estimate of drug-likeness (QED) is 0.285. The van der Waals surface area contributed by atoms with E-state index >= 15 is 0 Å². The molecule has 3 aliphatic rings. The third-order valence-electron chi connectivity index (χ3n) is 9.19. The fourth-order valence-electron chi connectivity index (χ4n) is 6.59. The monoisotopic (exact) mass is 560 g/mol. The first-order chi connectivity index (χ1) is 19.1. The van der Waals surface area contributed by atoms with Crippen LogP contribution in [0.2, 0.25) is 0 Å². The summed E-state index contributed by atoms with van der Waals surface area (Å²) in [5.41, 5.74) is 7.78. The van der Waals surface area contributed by atoms with Gasteiger partial charge in [-0.2, -0.15) is 5.70 Å². The van der Waals surface area contributed by atoms with Gasteiger partial charge in [0.1, 0.15) is 5.92 Å². The first-order valence-electron chi connectivity index (χ1n) is 13.7. The molecule has 0 saturated carbocycles. The number of rotatable bonds is 2. The summed E-state index contributed by atoms with van der Waals surface area (Å²) in [5, 5.41) is 17.6. The van der Waals surface area contributed by atoms with Gasteiger partial charge in [0.25, 0.3) is 0 Å². The van der Waals surface area contributed by atoms with Gasteiger partial charge in [-0.3, -0.25) is 9.59 Å². The number of hydrogen-bond donors (Lipinski definition) is 1. The third-order valence-corrected chi connectivity index (χ3v) is 9.19. The van der Waals surface area contributed by atoms with Crippen molar-refractivity contribution in [1.29, 1.82) is 0 Å². The van der Waals surface area contributed by atoms with Crippen LogP contribution in [-0.2, 0) is 9.53 Å². The predicted molar refractivity (Wildman–Crippen MR) is 158 cm³/mol. The zero-order valence-electron chi connectivity index (χ0n) is 24.5. The number of allylic oxidation sites excluding steroid dienone is 1. The Bertz CT molecular complexity index is 1890. The third kappa shape index (κ3) is 4.15. The Labute approximate surface area is 254 Å². The number of esters is 1. The second kappa shape index (κ2) is 10.4. The van der Waals surface area contributed by atoms with Crippen LogP contribution in [0.1, 0.15) is 70.0 Å². The number of hydrogen-bond acceptors (Lipinski definition) is 4.